The van der Waals surface area contributed by atoms with Crippen molar-refractivity contribution in [1.29, 1.82) is 0 Å². The summed E-state index contributed by atoms with van der Waals surface area (Å²) in [5, 5.41) is 14.7. The quantitative estimate of drug-likeness (QED) is 0.740. The van der Waals surface area contributed by atoms with Crippen LogP contribution in [0.2, 0.25) is 0 Å². The highest BCUT2D eigenvalue weighted by molar-refractivity contribution is 5.70. The van der Waals surface area contributed by atoms with Gasteiger partial charge in [-0.05, 0) is 13.8 Å². The number of carboxylic acids is 1. The maximum Gasteiger partial charge on any atom is 0.401 e. The number of carboxylic acid groups (broad SMARTS) is 2. The molecular formula is C8H13F3O6. The van der Waals surface area contributed by atoms with Crippen LogP contribution in [0.25, 0.3) is 0 Å². The van der Waals surface area contributed by atoms with E-state index in [2.05, 4.69) is 4.74 Å². The van der Waals surface area contributed by atoms with Crippen LogP contribution >= 0.6 is 0 Å². The highest BCUT2D eigenvalue weighted by atomic mass is 19.4. The Balaban J connectivity index is -0.000000207. The van der Waals surface area contributed by atoms with Crippen molar-refractivity contribution >= 4 is 18.9 Å². The molecule has 2 N–H and O–H groups in total. The number of carbonyl (C=O) groups excluding carboxylic acids is 1. The molecule has 6 nitrogen and oxygen atoms in total. The molecule has 0 amide bonds. The van der Waals surface area contributed by atoms with Crippen LogP contribution in [0.3, 0.4) is 0 Å². The number of rotatable bonds is 3. The van der Waals surface area contributed by atoms with Crippen molar-refractivity contribution in [3.05, 3.63) is 0 Å². The standard InChI is InChI=1S/C4H5F3O2.C3H6O2.CH2O2/c1-2(3(8)9)4(5,6)7;1-2-5-3-4;2-1-3/h2H,1H3,(H,8,9);3H,2H2,1H3;1H,(H,2,3). The van der Waals surface area contributed by atoms with E-state index in [0.717, 1.165) is 0 Å². The van der Waals surface area contributed by atoms with Crippen LogP contribution in [0.15, 0.2) is 0 Å². The Labute approximate surface area is 95.0 Å². The van der Waals surface area contributed by atoms with Crippen molar-refractivity contribution in [2.24, 2.45) is 5.92 Å². The molecule has 102 valence electrons. The zero-order valence-electron chi connectivity index (χ0n) is 9.10. The van der Waals surface area contributed by atoms with Crippen LogP contribution in [0.5, 0.6) is 0 Å². The average Bonchev–Trinajstić information content (AvgIpc) is 2.18. The molecule has 0 aliphatic rings. The fourth-order valence-electron chi connectivity index (χ4n) is 0.208. The van der Waals surface area contributed by atoms with E-state index >= 15 is 0 Å². The number of hydrogen-bond acceptors (Lipinski definition) is 4. The molecule has 17 heavy (non-hydrogen) atoms. The zero-order chi connectivity index (χ0) is 14.5. The molecule has 0 saturated heterocycles. The fourth-order valence-corrected chi connectivity index (χ4v) is 0.208. The molecule has 0 fully saturated rings. The van der Waals surface area contributed by atoms with Crippen LogP contribution in [-0.4, -0.2) is 41.9 Å². The van der Waals surface area contributed by atoms with Crippen molar-refractivity contribution in [3.63, 3.8) is 0 Å². The summed E-state index contributed by atoms with van der Waals surface area (Å²) in [6.07, 6.45) is -4.62. The number of ether oxygens (including phenoxy) is 1. The van der Waals surface area contributed by atoms with Gasteiger partial charge in [-0.2, -0.15) is 13.2 Å². The third kappa shape index (κ3) is 20.3. The van der Waals surface area contributed by atoms with Gasteiger partial charge in [0.25, 0.3) is 12.9 Å². The maximum atomic E-state index is 11.3. The lowest BCUT2D eigenvalue weighted by Gasteiger charge is -2.09. The van der Waals surface area contributed by atoms with Gasteiger partial charge in [-0.25, -0.2) is 0 Å². The Hall–Kier alpha value is -1.80. The van der Waals surface area contributed by atoms with Crippen LogP contribution in [0.4, 0.5) is 13.2 Å². The largest absolute Gasteiger partial charge is 0.483 e. The normalized spacial score (nSPS) is 10.6. The Bertz CT molecular complexity index is 216. The summed E-state index contributed by atoms with van der Waals surface area (Å²) in [6.45, 7) is 3.01. The minimum atomic E-state index is -4.62. The number of aliphatic carboxylic acids is 1. The Morgan fingerprint density at radius 3 is 1.76 bits per heavy atom. The van der Waals surface area contributed by atoms with Gasteiger partial charge in [-0.15, -0.1) is 0 Å². The van der Waals surface area contributed by atoms with Crippen molar-refractivity contribution < 1.29 is 42.5 Å². The molecule has 1 unspecified atom stereocenters. The third-order valence-corrected chi connectivity index (χ3v) is 1.10. The van der Waals surface area contributed by atoms with E-state index in [0.29, 0.717) is 20.0 Å². The number of carbonyl (C=O) groups is 3. The Morgan fingerprint density at radius 2 is 1.76 bits per heavy atom. The molecule has 0 radical (unpaired) electrons. The summed E-state index contributed by atoms with van der Waals surface area (Å²) in [5.74, 6) is -4.11. The average molecular weight is 262 g/mol. The van der Waals surface area contributed by atoms with E-state index < -0.39 is 18.1 Å². The lowest BCUT2D eigenvalue weighted by Crippen LogP contribution is -2.27. The minimum absolute atomic E-state index is 0.250. The molecule has 0 spiro atoms. The first-order valence-electron chi connectivity index (χ1n) is 4.11. The van der Waals surface area contributed by atoms with E-state index in [1.807, 2.05) is 0 Å². The molecule has 0 rings (SSSR count). The Kier molecular flexibility index (Phi) is 14.9. The fraction of sp³-hybridized carbons (Fsp3) is 0.625. The van der Waals surface area contributed by atoms with Gasteiger partial charge in [0.05, 0.1) is 6.61 Å². The van der Waals surface area contributed by atoms with Gasteiger partial charge in [0, 0.05) is 0 Å². The molecule has 9 heteroatoms. The monoisotopic (exact) mass is 262 g/mol. The maximum absolute atomic E-state index is 11.3. The summed E-state index contributed by atoms with van der Waals surface area (Å²) in [7, 11) is 0. The number of hydrogen-bond donors (Lipinski definition) is 2. The molecular weight excluding hydrogens is 249 g/mol. The van der Waals surface area contributed by atoms with Gasteiger partial charge in [-0.1, -0.05) is 0 Å². The topological polar surface area (TPSA) is 101 Å². The SMILES string of the molecule is CC(C(=O)O)C(F)(F)F.CCOC=O.O=CO. The highest BCUT2D eigenvalue weighted by Crippen LogP contribution is 2.25. The van der Waals surface area contributed by atoms with Crippen molar-refractivity contribution in [1.82, 2.24) is 0 Å². The van der Waals surface area contributed by atoms with Crippen LogP contribution in [-0.2, 0) is 19.1 Å². The second-order valence-corrected chi connectivity index (χ2v) is 2.26. The van der Waals surface area contributed by atoms with Crippen molar-refractivity contribution in [2.45, 2.75) is 20.0 Å². The number of halogens is 3. The van der Waals surface area contributed by atoms with Crippen LogP contribution in [0.1, 0.15) is 13.8 Å². The van der Waals surface area contributed by atoms with E-state index in [4.69, 9.17) is 15.0 Å². The first-order valence-corrected chi connectivity index (χ1v) is 4.11. The zero-order valence-corrected chi connectivity index (χ0v) is 9.10. The first-order chi connectivity index (χ1) is 7.68. The van der Waals surface area contributed by atoms with Gasteiger partial charge in [-0.3, -0.25) is 14.4 Å². The lowest BCUT2D eigenvalue weighted by atomic mass is 10.2. The summed E-state index contributed by atoms with van der Waals surface area (Å²) < 4.78 is 38.1. The third-order valence-electron chi connectivity index (χ3n) is 1.10. The summed E-state index contributed by atoms with van der Waals surface area (Å²) in [5.41, 5.74) is 0. The Morgan fingerprint density at radius 1 is 1.41 bits per heavy atom. The van der Waals surface area contributed by atoms with Crippen molar-refractivity contribution in [2.75, 3.05) is 6.61 Å². The van der Waals surface area contributed by atoms with Gasteiger partial charge in [0.15, 0.2) is 0 Å². The van der Waals surface area contributed by atoms with Crippen LogP contribution in [0, 0.1) is 5.92 Å². The molecule has 1 atom stereocenters. The lowest BCUT2D eigenvalue weighted by molar-refractivity contribution is -0.189. The first kappa shape index (κ1) is 20.6. The molecule has 0 aromatic carbocycles. The number of alkyl halides is 3. The highest BCUT2D eigenvalue weighted by Gasteiger charge is 2.41. The van der Waals surface area contributed by atoms with Gasteiger partial charge >= 0.3 is 12.1 Å². The van der Waals surface area contributed by atoms with E-state index in [9.17, 15) is 22.8 Å². The van der Waals surface area contributed by atoms with Gasteiger partial charge in [0.2, 0.25) is 0 Å². The summed E-state index contributed by atoms with van der Waals surface area (Å²) >= 11 is 0. The summed E-state index contributed by atoms with van der Waals surface area (Å²) in [6, 6.07) is 0. The molecule has 0 heterocycles. The smallest absolute Gasteiger partial charge is 0.401 e. The molecule has 0 aliphatic heterocycles. The molecule has 0 bridgehead atoms. The summed E-state index contributed by atoms with van der Waals surface area (Å²) in [4.78, 5) is 27.2. The molecule has 0 saturated carbocycles. The van der Waals surface area contributed by atoms with Crippen molar-refractivity contribution in [3.8, 4) is 0 Å². The van der Waals surface area contributed by atoms with Gasteiger partial charge < -0.3 is 14.9 Å². The van der Waals surface area contributed by atoms with E-state index in [-0.39, 0.29) is 6.47 Å². The molecule has 0 aromatic heterocycles. The molecule has 0 aliphatic carbocycles. The van der Waals surface area contributed by atoms with Gasteiger partial charge in [0.1, 0.15) is 5.92 Å². The second-order valence-electron chi connectivity index (χ2n) is 2.26. The predicted octanol–water partition coefficient (Wildman–Crippen LogP) is 1.15. The second kappa shape index (κ2) is 12.3. The predicted molar refractivity (Wildman–Crippen MR) is 49.2 cm³/mol. The minimum Gasteiger partial charge on any atom is -0.483 e. The molecule has 0 aromatic rings. The van der Waals surface area contributed by atoms with Crippen LogP contribution < -0.4 is 0 Å². The van der Waals surface area contributed by atoms with E-state index in [1.54, 1.807) is 6.92 Å². The van der Waals surface area contributed by atoms with E-state index in [1.165, 1.54) is 0 Å².